The van der Waals surface area contributed by atoms with Gasteiger partial charge in [0.15, 0.2) is 4.34 Å². The van der Waals surface area contributed by atoms with Crippen LogP contribution in [-0.2, 0) is 20.1 Å². The molecule has 4 bridgehead atoms. The number of hydrogen-bond acceptors (Lipinski definition) is 8. The van der Waals surface area contributed by atoms with Gasteiger partial charge in [-0.25, -0.2) is 4.79 Å². The highest BCUT2D eigenvalue weighted by Gasteiger charge is 2.55. The number of aromatic nitrogens is 2. The molecule has 0 aliphatic heterocycles. The van der Waals surface area contributed by atoms with Crippen LogP contribution in [-0.4, -0.2) is 41.1 Å². The van der Waals surface area contributed by atoms with Crippen molar-refractivity contribution in [1.29, 1.82) is 0 Å². The van der Waals surface area contributed by atoms with Crippen LogP contribution in [0.2, 0.25) is 0 Å². The topological polar surface area (TPSA) is 110 Å². The largest absolute Gasteiger partial charge is 0.465 e. The third-order valence-electron chi connectivity index (χ3n) is 8.13. The van der Waals surface area contributed by atoms with Crippen molar-refractivity contribution in [2.75, 3.05) is 12.4 Å². The quantitative estimate of drug-likeness (QED) is 0.263. The molecule has 1 heterocycles. The van der Waals surface area contributed by atoms with E-state index in [1.165, 1.54) is 49.5 Å². The predicted octanol–water partition coefficient (Wildman–Crippen LogP) is 4.91. The van der Waals surface area contributed by atoms with E-state index in [1.807, 2.05) is 26.0 Å². The number of amides is 2. The van der Waals surface area contributed by atoms with E-state index >= 15 is 0 Å². The maximum Gasteiger partial charge on any atom is 0.337 e. The minimum Gasteiger partial charge on any atom is -0.465 e. The van der Waals surface area contributed by atoms with Gasteiger partial charge in [0.25, 0.3) is 0 Å². The number of thioether (sulfide) groups is 1. The van der Waals surface area contributed by atoms with Crippen LogP contribution in [0.1, 0.15) is 68.3 Å². The summed E-state index contributed by atoms with van der Waals surface area (Å²) in [6, 6.07) is 6.61. The van der Waals surface area contributed by atoms with Gasteiger partial charge in [0.1, 0.15) is 6.04 Å². The third-order valence-corrected chi connectivity index (χ3v) is 10.2. The smallest absolute Gasteiger partial charge is 0.337 e. The summed E-state index contributed by atoms with van der Waals surface area (Å²) in [4.78, 5) is 38.3. The second-order valence-electron chi connectivity index (χ2n) is 11.2. The number of esters is 1. The number of hydrogen-bond donors (Lipinski definition) is 2. The van der Waals surface area contributed by atoms with Crippen molar-refractivity contribution in [2.24, 2.45) is 29.1 Å². The number of carbonyl (C=O) groups is 3. The van der Waals surface area contributed by atoms with Gasteiger partial charge in [0.05, 0.1) is 12.7 Å². The lowest BCUT2D eigenvalue weighted by atomic mass is 9.49. The molecule has 1 aromatic carbocycles. The summed E-state index contributed by atoms with van der Waals surface area (Å²) in [5.74, 6) is 2.07. The van der Waals surface area contributed by atoms with Gasteiger partial charge in [-0.15, -0.1) is 10.2 Å². The highest BCUT2D eigenvalue weighted by molar-refractivity contribution is 8.00. The monoisotopic (exact) mass is 542 g/mol. The van der Waals surface area contributed by atoms with Gasteiger partial charge in [0.2, 0.25) is 16.9 Å². The second kappa shape index (κ2) is 10.7. The van der Waals surface area contributed by atoms with Crippen LogP contribution in [0.3, 0.4) is 0 Å². The molecule has 0 radical (unpaired) electrons. The SMILES string of the molecule is COC(=O)c1ccc(CSc2nnc(NC(=O)[C@H](NC(=O)C34CC5CC(CC(C5)C3)C4)C(C)C)s2)cc1. The van der Waals surface area contributed by atoms with Gasteiger partial charge >= 0.3 is 5.97 Å². The van der Waals surface area contributed by atoms with Gasteiger partial charge in [-0.1, -0.05) is 49.1 Å². The fourth-order valence-electron chi connectivity index (χ4n) is 6.72. The van der Waals surface area contributed by atoms with E-state index in [0.717, 1.165) is 29.2 Å². The summed E-state index contributed by atoms with van der Waals surface area (Å²) in [5, 5.41) is 14.7. The van der Waals surface area contributed by atoms with Crippen molar-refractivity contribution in [3.05, 3.63) is 35.4 Å². The number of carbonyl (C=O) groups excluding carboxylic acids is 3. The van der Waals surface area contributed by atoms with Crippen molar-refractivity contribution in [1.82, 2.24) is 15.5 Å². The molecular weight excluding hydrogens is 508 g/mol. The van der Waals surface area contributed by atoms with Crippen LogP contribution in [0, 0.1) is 29.1 Å². The molecule has 8 nitrogen and oxygen atoms in total. The molecule has 2 amide bonds. The number of methoxy groups -OCH3 is 1. The van der Waals surface area contributed by atoms with E-state index in [1.54, 1.807) is 12.1 Å². The highest BCUT2D eigenvalue weighted by atomic mass is 32.2. The van der Waals surface area contributed by atoms with Crippen LogP contribution >= 0.6 is 23.1 Å². The van der Waals surface area contributed by atoms with Crippen LogP contribution < -0.4 is 10.6 Å². The first-order chi connectivity index (χ1) is 17.7. The number of nitrogens with zero attached hydrogens (tertiary/aromatic N) is 2. The van der Waals surface area contributed by atoms with E-state index in [2.05, 4.69) is 20.8 Å². The van der Waals surface area contributed by atoms with Crippen molar-refractivity contribution in [3.63, 3.8) is 0 Å². The minimum absolute atomic E-state index is 0.0485. The van der Waals surface area contributed by atoms with Crippen LogP contribution in [0.5, 0.6) is 0 Å². The standard InChI is InChI=1S/C27H34N4O4S2/c1-15(2)21(28-24(34)27-11-17-8-18(12-27)10-19(9-17)13-27)22(32)29-25-30-31-26(37-25)36-14-16-4-6-20(7-5-16)23(33)35-3/h4-7,15,17-19,21H,8-14H2,1-3H3,(H,28,34)(H,29,30,32)/t17?,18?,19?,21-,27?/m1/s1. The van der Waals surface area contributed by atoms with E-state index in [9.17, 15) is 14.4 Å². The molecule has 6 rings (SSSR count). The van der Waals surface area contributed by atoms with E-state index < -0.39 is 6.04 Å². The lowest BCUT2D eigenvalue weighted by molar-refractivity contribution is -0.148. The molecule has 1 atom stereocenters. The zero-order valence-electron chi connectivity index (χ0n) is 21.5. The van der Waals surface area contributed by atoms with Gasteiger partial charge in [-0.2, -0.15) is 0 Å². The molecule has 10 heteroatoms. The molecule has 4 fully saturated rings. The Morgan fingerprint density at radius 2 is 1.68 bits per heavy atom. The lowest BCUT2D eigenvalue weighted by Crippen LogP contribution is -2.57. The number of benzene rings is 1. The zero-order valence-corrected chi connectivity index (χ0v) is 23.1. The summed E-state index contributed by atoms with van der Waals surface area (Å²) < 4.78 is 5.46. The fourth-order valence-corrected chi connectivity index (χ4v) is 8.43. The number of anilines is 1. The molecule has 4 saturated carbocycles. The molecule has 4 aliphatic carbocycles. The Balaban J connectivity index is 1.16. The molecule has 2 N–H and O–H groups in total. The summed E-state index contributed by atoms with van der Waals surface area (Å²) in [7, 11) is 1.36. The summed E-state index contributed by atoms with van der Waals surface area (Å²) in [5.41, 5.74) is 1.25. The summed E-state index contributed by atoms with van der Waals surface area (Å²) >= 11 is 2.82. The van der Waals surface area contributed by atoms with Crippen LogP contribution in [0.15, 0.2) is 28.6 Å². The van der Waals surface area contributed by atoms with Crippen molar-refractivity contribution < 1.29 is 19.1 Å². The Labute approximate surface area is 225 Å². The highest BCUT2D eigenvalue weighted by Crippen LogP contribution is 2.60. The number of ether oxygens (including phenoxy) is 1. The molecule has 0 unspecified atom stereocenters. The maximum absolute atomic E-state index is 13.5. The Hall–Kier alpha value is -2.46. The van der Waals surface area contributed by atoms with Gasteiger partial charge < -0.3 is 10.1 Å². The Morgan fingerprint density at radius 1 is 1.05 bits per heavy atom. The second-order valence-corrected chi connectivity index (χ2v) is 13.4. The van der Waals surface area contributed by atoms with E-state index in [-0.39, 0.29) is 29.1 Å². The number of nitrogens with one attached hydrogen (secondary N) is 2. The Morgan fingerprint density at radius 3 is 2.24 bits per heavy atom. The first-order valence-electron chi connectivity index (χ1n) is 13.0. The molecule has 198 valence electrons. The first kappa shape index (κ1) is 26.2. The third kappa shape index (κ3) is 5.70. The zero-order chi connectivity index (χ0) is 26.2. The molecule has 0 spiro atoms. The molecule has 1 aromatic heterocycles. The van der Waals surface area contributed by atoms with Crippen molar-refractivity contribution in [3.8, 4) is 0 Å². The number of rotatable bonds is 9. The normalized spacial score (nSPS) is 26.6. The Bertz CT molecular complexity index is 1130. The Kier molecular flexibility index (Phi) is 7.58. The molecule has 4 aliphatic rings. The average Bonchev–Trinajstić information content (AvgIpc) is 3.31. The summed E-state index contributed by atoms with van der Waals surface area (Å²) in [6.45, 7) is 3.91. The minimum atomic E-state index is -0.617. The van der Waals surface area contributed by atoms with E-state index in [0.29, 0.717) is 34.2 Å². The van der Waals surface area contributed by atoms with Crippen molar-refractivity contribution in [2.45, 2.75) is 68.5 Å². The maximum atomic E-state index is 13.5. The lowest BCUT2D eigenvalue weighted by Gasteiger charge is -2.55. The summed E-state index contributed by atoms with van der Waals surface area (Å²) in [6.07, 6.45) is 6.74. The van der Waals surface area contributed by atoms with Crippen LogP contribution in [0.4, 0.5) is 5.13 Å². The fraction of sp³-hybridized carbons (Fsp3) is 0.593. The molecule has 2 aromatic rings. The average molecular weight is 543 g/mol. The molecular formula is C27H34N4O4S2. The van der Waals surface area contributed by atoms with Crippen LogP contribution in [0.25, 0.3) is 0 Å². The molecule has 0 saturated heterocycles. The van der Waals surface area contributed by atoms with Gasteiger partial charge in [-0.05, 0) is 79.9 Å². The van der Waals surface area contributed by atoms with Gasteiger partial charge in [-0.3, -0.25) is 14.9 Å². The first-order valence-corrected chi connectivity index (χ1v) is 14.8. The predicted molar refractivity (Wildman–Crippen MR) is 143 cm³/mol. The van der Waals surface area contributed by atoms with Gasteiger partial charge in [0, 0.05) is 11.2 Å². The van der Waals surface area contributed by atoms with E-state index in [4.69, 9.17) is 4.74 Å². The van der Waals surface area contributed by atoms with Crippen molar-refractivity contribution >= 4 is 46.0 Å². The molecule has 37 heavy (non-hydrogen) atoms.